The summed E-state index contributed by atoms with van der Waals surface area (Å²) in [5.41, 5.74) is 3.48. The maximum Gasteiger partial charge on any atom is 0.251 e. The Kier molecular flexibility index (Phi) is 6.03. The van der Waals surface area contributed by atoms with E-state index in [-0.39, 0.29) is 12.0 Å². The highest BCUT2D eigenvalue weighted by Crippen LogP contribution is 2.32. The first-order valence-corrected chi connectivity index (χ1v) is 11.0. The Morgan fingerprint density at radius 3 is 2.59 bits per heavy atom. The fourth-order valence-electron chi connectivity index (χ4n) is 3.79. The predicted molar refractivity (Wildman–Crippen MR) is 131 cm³/mol. The first-order valence-electron chi connectivity index (χ1n) is 11.0. The first kappa shape index (κ1) is 21.4. The number of anilines is 3. The number of amides is 1. The molecule has 0 unspecified atom stereocenters. The zero-order valence-corrected chi connectivity index (χ0v) is 18.7. The van der Waals surface area contributed by atoms with Crippen molar-refractivity contribution >= 4 is 23.5 Å². The van der Waals surface area contributed by atoms with E-state index in [1.807, 2.05) is 47.4 Å². The number of nitrogens with one attached hydrogen (secondary N) is 2. The van der Waals surface area contributed by atoms with Crippen LogP contribution in [0.15, 0.2) is 85.2 Å². The zero-order valence-electron chi connectivity index (χ0n) is 18.7. The van der Waals surface area contributed by atoms with Gasteiger partial charge in [0.05, 0.1) is 13.1 Å². The summed E-state index contributed by atoms with van der Waals surface area (Å²) < 4.78 is 6.29. The minimum Gasteiger partial charge on any atom is -0.486 e. The van der Waals surface area contributed by atoms with E-state index in [1.165, 1.54) is 6.33 Å². The first-order chi connectivity index (χ1) is 16.7. The second-order valence-corrected chi connectivity index (χ2v) is 7.90. The normalized spacial score (nSPS) is 13.1. The van der Waals surface area contributed by atoms with Gasteiger partial charge in [0.25, 0.3) is 5.91 Å². The molecule has 1 fully saturated rings. The van der Waals surface area contributed by atoms with Gasteiger partial charge in [-0.25, -0.2) is 9.97 Å². The number of hydrogen-bond donors (Lipinski definition) is 2. The van der Waals surface area contributed by atoms with E-state index in [0.29, 0.717) is 30.5 Å². The van der Waals surface area contributed by atoms with Crippen LogP contribution in [0.2, 0.25) is 0 Å². The molecule has 0 spiro atoms. The van der Waals surface area contributed by atoms with Crippen LogP contribution in [0, 0.1) is 0 Å². The van der Waals surface area contributed by atoms with Crippen molar-refractivity contribution in [2.45, 2.75) is 6.10 Å². The van der Waals surface area contributed by atoms with Crippen LogP contribution in [0.4, 0.5) is 17.6 Å². The fourth-order valence-corrected chi connectivity index (χ4v) is 3.79. The SMILES string of the molecule is CNC(=O)c1cccc(Nc2ncnc(N3CC(Oc4ccccc4-c4ccccc4)C3)n2)c1. The molecule has 1 aromatic heterocycles. The summed E-state index contributed by atoms with van der Waals surface area (Å²) in [4.78, 5) is 27.0. The van der Waals surface area contributed by atoms with Crippen molar-refractivity contribution in [1.29, 1.82) is 0 Å². The Hall–Kier alpha value is -4.46. The Morgan fingerprint density at radius 1 is 0.971 bits per heavy atom. The molecule has 170 valence electrons. The van der Waals surface area contributed by atoms with E-state index in [0.717, 1.165) is 22.6 Å². The molecule has 3 aromatic carbocycles. The van der Waals surface area contributed by atoms with Gasteiger partial charge in [0, 0.05) is 23.9 Å². The van der Waals surface area contributed by atoms with Crippen LogP contribution in [-0.4, -0.2) is 47.1 Å². The van der Waals surface area contributed by atoms with Gasteiger partial charge in [0.15, 0.2) is 0 Å². The molecule has 0 bridgehead atoms. The van der Waals surface area contributed by atoms with Crippen LogP contribution in [0.25, 0.3) is 11.1 Å². The Balaban J connectivity index is 1.23. The summed E-state index contributed by atoms with van der Waals surface area (Å²) in [5.74, 6) is 1.71. The van der Waals surface area contributed by atoms with Gasteiger partial charge in [-0.1, -0.05) is 54.6 Å². The Morgan fingerprint density at radius 2 is 1.76 bits per heavy atom. The van der Waals surface area contributed by atoms with Crippen LogP contribution in [0.5, 0.6) is 5.75 Å². The van der Waals surface area contributed by atoms with Crippen LogP contribution >= 0.6 is 0 Å². The van der Waals surface area contributed by atoms with Gasteiger partial charge >= 0.3 is 0 Å². The third-order valence-electron chi connectivity index (χ3n) is 5.56. The summed E-state index contributed by atoms with van der Waals surface area (Å²) in [5, 5.41) is 5.76. The van der Waals surface area contributed by atoms with Gasteiger partial charge in [0.2, 0.25) is 11.9 Å². The lowest BCUT2D eigenvalue weighted by Crippen LogP contribution is -2.54. The van der Waals surface area contributed by atoms with Crippen LogP contribution in [0.1, 0.15) is 10.4 Å². The van der Waals surface area contributed by atoms with Crippen LogP contribution < -0.4 is 20.3 Å². The molecular weight excluding hydrogens is 428 g/mol. The van der Waals surface area contributed by atoms with Crippen molar-refractivity contribution in [1.82, 2.24) is 20.3 Å². The zero-order chi connectivity index (χ0) is 23.3. The highest BCUT2D eigenvalue weighted by molar-refractivity contribution is 5.95. The molecule has 1 amide bonds. The quantitative estimate of drug-likeness (QED) is 0.439. The largest absolute Gasteiger partial charge is 0.486 e. The number of aromatic nitrogens is 3. The van der Waals surface area contributed by atoms with Gasteiger partial charge in [-0.15, -0.1) is 0 Å². The number of nitrogens with zero attached hydrogens (tertiary/aromatic N) is 4. The van der Waals surface area contributed by atoms with E-state index in [9.17, 15) is 4.79 Å². The predicted octanol–water partition coefficient (Wildman–Crippen LogP) is 3.91. The molecule has 2 heterocycles. The smallest absolute Gasteiger partial charge is 0.251 e. The molecule has 1 aliphatic heterocycles. The van der Waals surface area contributed by atoms with E-state index in [1.54, 1.807) is 25.2 Å². The molecule has 1 saturated heterocycles. The van der Waals surface area contributed by atoms with Gasteiger partial charge < -0.3 is 20.3 Å². The maximum atomic E-state index is 11.9. The summed E-state index contributed by atoms with van der Waals surface area (Å²) in [6.45, 7) is 1.36. The summed E-state index contributed by atoms with van der Waals surface area (Å²) in [6.07, 6.45) is 1.52. The van der Waals surface area contributed by atoms with Gasteiger partial charge in [-0.2, -0.15) is 4.98 Å². The molecule has 4 aromatic rings. The molecule has 34 heavy (non-hydrogen) atoms. The monoisotopic (exact) mass is 452 g/mol. The van der Waals surface area contributed by atoms with Gasteiger partial charge in [-0.05, 0) is 29.8 Å². The molecule has 0 saturated carbocycles. The fraction of sp³-hybridized carbons (Fsp3) is 0.154. The topological polar surface area (TPSA) is 92.3 Å². The molecule has 1 aliphatic rings. The second kappa shape index (κ2) is 9.58. The van der Waals surface area contributed by atoms with E-state index in [4.69, 9.17) is 4.74 Å². The minimum atomic E-state index is -0.152. The molecule has 0 atom stereocenters. The van der Waals surface area contributed by atoms with Crippen molar-refractivity contribution in [3.8, 4) is 16.9 Å². The summed E-state index contributed by atoms with van der Waals surface area (Å²) >= 11 is 0. The van der Waals surface area contributed by atoms with E-state index < -0.39 is 0 Å². The van der Waals surface area contributed by atoms with E-state index >= 15 is 0 Å². The van der Waals surface area contributed by atoms with Crippen LogP contribution in [0.3, 0.4) is 0 Å². The van der Waals surface area contributed by atoms with Crippen molar-refractivity contribution in [3.05, 3.63) is 90.8 Å². The molecule has 0 aliphatic carbocycles. The average Bonchev–Trinajstić information content (AvgIpc) is 2.86. The third-order valence-corrected chi connectivity index (χ3v) is 5.56. The van der Waals surface area contributed by atoms with Gasteiger partial charge in [0.1, 0.15) is 18.2 Å². The molecule has 0 radical (unpaired) electrons. The van der Waals surface area contributed by atoms with Crippen molar-refractivity contribution in [2.75, 3.05) is 30.4 Å². The van der Waals surface area contributed by atoms with Crippen molar-refractivity contribution in [3.63, 3.8) is 0 Å². The lowest BCUT2D eigenvalue weighted by Gasteiger charge is -2.39. The highest BCUT2D eigenvalue weighted by atomic mass is 16.5. The minimum absolute atomic E-state index is 0.0438. The average molecular weight is 453 g/mol. The van der Waals surface area contributed by atoms with Gasteiger partial charge in [-0.3, -0.25) is 4.79 Å². The number of para-hydroxylation sites is 1. The lowest BCUT2D eigenvalue weighted by molar-refractivity contribution is 0.0963. The number of rotatable bonds is 7. The third kappa shape index (κ3) is 4.66. The highest BCUT2D eigenvalue weighted by Gasteiger charge is 2.31. The second-order valence-electron chi connectivity index (χ2n) is 7.90. The lowest BCUT2D eigenvalue weighted by atomic mass is 10.0. The summed E-state index contributed by atoms with van der Waals surface area (Å²) in [7, 11) is 1.60. The molecule has 8 heteroatoms. The van der Waals surface area contributed by atoms with Crippen molar-refractivity contribution in [2.24, 2.45) is 0 Å². The number of carbonyl (C=O) groups is 1. The van der Waals surface area contributed by atoms with E-state index in [2.05, 4.69) is 43.8 Å². The van der Waals surface area contributed by atoms with Crippen LogP contribution in [-0.2, 0) is 0 Å². The number of benzene rings is 3. The van der Waals surface area contributed by atoms with Crippen molar-refractivity contribution < 1.29 is 9.53 Å². The number of hydrogen-bond acceptors (Lipinski definition) is 7. The maximum absolute atomic E-state index is 11.9. The molecule has 8 nitrogen and oxygen atoms in total. The Labute approximate surface area is 197 Å². The summed E-state index contributed by atoms with van der Waals surface area (Å²) in [6, 6.07) is 25.5. The molecule has 2 N–H and O–H groups in total. The molecule has 5 rings (SSSR count). The Bertz CT molecular complexity index is 1290. The number of carbonyl (C=O) groups excluding carboxylic acids is 1. The number of ether oxygens (including phenoxy) is 1. The standard InChI is InChI=1S/C26H24N6O2/c1-27-24(33)19-10-7-11-20(14-19)30-25-28-17-29-26(31-25)32-15-21(16-32)34-23-13-6-5-12-22(23)18-8-3-2-4-9-18/h2-14,17,21H,15-16H2,1H3,(H,27,33)(H,28,29,30,31). The molecular formula is C26H24N6O2.